The average molecular weight is 791 g/mol. The topological polar surface area (TPSA) is 213 Å². The summed E-state index contributed by atoms with van der Waals surface area (Å²) in [7, 11) is 0. The van der Waals surface area contributed by atoms with Crippen LogP contribution in [0, 0.1) is 0 Å². The van der Waals surface area contributed by atoms with Crippen molar-refractivity contribution in [2.75, 3.05) is 31.1 Å². The summed E-state index contributed by atoms with van der Waals surface area (Å²) < 4.78 is 5.05. The number of halogens is 2. The number of carbonyl (C=O) groups is 3. The van der Waals surface area contributed by atoms with Gasteiger partial charge in [0.05, 0.1) is 40.6 Å². The predicted molar refractivity (Wildman–Crippen MR) is 210 cm³/mol. The minimum Gasteiger partial charge on any atom is -0.446 e. The molecule has 18 heteroatoms. The van der Waals surface area contributed by atoms with E-state index < -0.39 is 6.09 Å². The molecule has 4 aliphatic rings. The molecule has 0 saturated heterocycles. The van der Waals surface area contributed by atoms with Gasteiger partial charge in [-0.05, 0) is 75.6 Å². The SMILES string of the molecule is NC(=O)OC1CCC(Nc2ncc3c(n2)NC(=O)N(c2ccccc2Cl)C3)CC1.O=C1Nc2nc(NC3CCC(O)CC3)ncc2CN1c1ccccc1Cl. The lowest BCUT2D eigenvalue weighted by molar-refractivity contribution is 0.0805. The van der Waals surface area contributed by atoms with E-state index in [2.05, 4.69) is 41.2 Å². The molecule has 16 nitrogen and oxygen atoms in total. The Hall–Kier alpha value is -5.45. The lowest BCUT2D eigenvalue weighted by Gasteiger charge is -2.30. The predicted octanol–water partition coefficient (Wildman–Crippen LogP) is 6.90. The van der Waals surface area contributed by atoms with Gasteiger partial charge in [0.2, 0.25) is 11.9 Å². The van der Waals surface area contributed by atoms with Crippen LogP contribution in [0.15, 0.2) is 60.9 Å². The third kappa shape index (κ3) is 9.27. The van der Waals surface area contributed by atoms with Crippen LogP contribution in [0.5, 0.6) is 0 Å². The first-order chi connectivity index (χ1) is 26.6. The van der Waals surface area contributed by atoms with Gasteiger partial charge in [-0.15, -0.1) is 0 Å². The number of fused-ring (bicyclic) bond motifs is 2. The van der Waals surface area contributed by atoms with E-state index in [1.165, 1.54) is 0 Å². The minimum absolute atomic E-state index is 0.134. The van der Waals surface area contributed by atoms with Gasteiger partial charge >= 0.3 is 18.2 Å². The highest BCUT2D eigenvalue weighted by atomic mass is 35.5. The Morgan fingerprint density at radius 2 is 1.16 bits per heavy atom. The number of urea groups is 2. The summed E-state index contributed by atoms with van der Waals surface area (Å²) in [6.07, 6.45) is 8.78. The molecule has 4 aromatic rings. The Morgan fingerprint density at radius 1 is 0.727 bits per heavy atom. The number of nitrogens with zero attached hydrogens (tertiary/aromatic N) is 6. The third-order valence-corrected chi connectivity index (χ3v) is 10.6. The molecule has 2 aromatic carbocycles. The van der Waals surface area contributed by atoms with Crippen LogP contribution in [0.3, 0.4) is 0 Å². The van der Waals surface area contributed by atoms with Crippen molar-refractivity contribution in [1.82, 2.24) is 19.9 Å². The highest BCUT2D eigenvalue weighted by Crippen LogP contribution is 2.33. The second kappa shape index (κ2) is 16.9. The molecule has 55 heavy (non-hydrogen) atoms. The largest absolute Gasteiger partial charge is 0.446 e. The van der Waals surface area contributed by atoms with Gasteiger partial charge in [0.15, 0.2) is 0 Å². The van der Waals surface area contributed by atoms with Crippen LogP contribution in [-0.2, 0) is 17.8 Å². The standard InChI is InChI=1S/C19H21ClN6O3.C18H20ClN5O2/c20-14-3-1-2-4-15(14)26-10-11-9-22-18(24-16(11)25-19(26)28)23-12-5-7-13(8-6-12)29-17(21)27;19-14-3-1-2-4-15(14)24-10-11-9-20-17(22-16(11)23-18(24)26)21-12-5-7-13(25)8-6-12/h1-4,9,12-13H,5-8,10H2,(H2,21,27)(H2,22,23,24,25,28);1-4,9,12-13,25H,5-8,10H2,(H2,20,21,22,23,26). The molecule has 0 spiro atoms. The smallest absolute Gasteiger partial charge is 0.404 e. The maximum absolute atomic E-state index is 12.6. The molecule has 2 aliphatic heterocycles. The molecule has 7 N–H and O–H groups in total. The summed E-state index contributed by atoms with van der Waals surface area (Å²) in [5, 5.41) is 22.8. The molecule has 0 unspecified atom stereocenters. The van der Waals surface area contributed by atoms with Gasteiger partial charge < -0.3 is 26.2 Å². The van der Waals surface area contributed by atoms with E-state index in [-0.39, 0.29) is 36.4 Å². The number of rotatable bonds is 7. The van der Waals surface area contributed by atoms with Crippen molar-refractivity contribution in [1.29, 1.82) is 0 Å². The maximum Gasteiger partial charge on any atom is 0.404 e. The zero-order valence-corrected chi connectivity index (χ0v) is 31.3. The average Bonchev–Trinajstić information content (AvgIpc) is 3.17. The van der Waals surface area contributed by atoms with Gasteiger partial charge in [0.25, 0.3) is 0 Å². The fraction of sp³-hybridized carbons (Fsp3) is 0.378. The molecule has 2 aliphatic carbocycles. The van der Waals surface area contributed by atoms with E-state index >= 15 is 0 Å². The van der Waals surface area contributed by atoms with Crippen molar-refractivity contribution in [3.05, 3.63) is 82.1 Å². The molecule has 288 valence electrons. The maximum atomic E-state index is 12.6. The Labute approximate surface area is 327 Å². The number of carbonyl (C=O) groups excluding carboxylic acids is 3. The summed E-state index contributed by atoms with van der Waals surface area (Å²) in [4.78, 5) is 56.7. The summed E-state index contributed by atoms with van der Waals surface area (Å²) in [6, 6.07) is 14.3. The number of nitrogens with one attached hydrogen (secondary N) is 4. The highest BCUT2D eigenvalue weighted by Gasteiger charge is 2.30. The number of aromatic nitrogens is 4. The molecule has 0 radical (unpaired) electrons. The Morgan fingerprint density at radius 3 is 1.60 bits per heavy atom. The van der Waals surface area contributed by atoms with Gasteiger partial charge in [-0.25, -0.2) is 24.4 Å². The first kappa shape index (κ1) is 37.8. The molecule has 2 fully saturated rings. The van der Waals surface area contributed by atoms with Crippen LogP contribution in [0.1, 0.15) is 62.5 Å². The monoisotopic (exact) mass is 789 g/mol. The molecular weight excluding hydrogens is 749 g/mol. The first-order valence-electron chi connectivity index (χ1n) is 18.1. The molecule has 4 heterocycles. The van der Waals surface area contributed by atoms with E-state index in [0.29, 0.717) is 58.0 Å². The number of amides is 5. The van der Waals surface area contributed by atoms with E-state index in [9.17, 15) is 19.5 Å². The summed E-state index contributed by atoms with van der Waals surface area (Å²) in [5.74, 6) is 1.96. The zero-order valence-electron chi connectivity index (χ0n) is 29.8. The van der Waals surface area contributed by atoms with Crippen LogP contribution in [-0.4, -0.2) is 67.5 Å². The number of primary amides is 1. The number of anilines is 6. The fourth-order valence-electron chi connectivity index (χ4n) is 7.03. The van der Waals surface area contributed by atoms with E-state index in [1.54, 1.807) is 46.5 Å². The molecule has 5 amide bonds. The van der Waals surface area contributed by atoms with Gasteiger partial charge in [-0.3, -0.25) is 20.4 Å². The number of benzene rings is 2. The van der Waals surface area contributed by atoms with Gasteiger partial charge in [0, 0.05) is 35.6 Å². The quantitative estimate of drug-likeness (QED) is 0.113. The number of ether oxygens (including phenoxy) is 1. The zero-order chi connectivity index (χ0) is 38.5. The number of aliphatic hydroxyl groups is 1. The number of aliphatic hydroxyl groups excluding tert-OH is 1. The Kier molecular flexibility index (Phi) is 11.6. The molecular formula is C37H41Cl2N11O5. The number of para-hydroxylation sites is 2. The number of nitrogens with two attached hydrogens (primary N) is 1. The van der Waals surface area contributed by atoms with Crippen molar-refractivity contribution in [3.63, 3.8) is 0 Å². The molecule has 0 bridgehead atoms. The summed E-state index contributed by atoms with van der Waals surface area (Å²) in [5.41, 5.74) is 7.98. The number of hydrogen-bond donors (Lipinski definition) is 6. The first-order valence-corrected chi connectivity index (χ1v) is 18.9. The fourth-order valence-corrected chi connectivity index (χ4v) is 7.50. The van der Waals surface area contributed by atoms with Gasteiger partial charge in [-0.2, -0.15) is 9.97 Å². The van der Waals surface area contributed by atoms with E-state index in [0.717, 1.165) is 62.5 Å². The van der Waals surface area contributed by atoms with Crippen molar-refractivity contribution in [2.45, 2.75) is 88.7 Å². The van der Waals surface area contributed by atoms with E-state index in [1.807, 2.05) is 24.3 Å². The Balaban J connectivity index is 0.000000170. The highest BCUT2D eigenvalue weighted by molar-refractivity contribution is 6.34. The van der Waals surface area contributed by atoms with Crippen LogP contribution in [0.4, 0.5) is 49.3 Å². The lowest BCUT2D eigenvalue weighted by atomic mass is 9.93. The van der Waals surface area contributed by atoms with Crippen molar-refractivity contribution in [2.24, 2.45) is 5.73 Å². The van der Waals surface area contributed by atoms with Crippen molar-refractivity contribution >= 4 is 76.3 Å². The summed E-state index contributed by atoms with van der Waals surface area (Å²) >= 11 is 12.4. The normalized spacial score (nSPS) is 21.8. The molecule has 0 atom stereocenters. The van der Waals surface area contributed by atoms with Gasteiger partial charge in [-0.1, -0.05) is 47.5 Å². The minimum atomic E-state index is -0.735. The van der Waals surface area contributed by atoms with Crippen LogP contribution >= 0.6 is 23.2 Å². The van der Waals surface area contributed by atoms with Crippen LogP contribution in [0.25, 0.3) is 0 Å². The van der Waals surface area contributed by atoms with Crippen molar-refractivity contribution < 1.29 is 24.2 Å². The lowest BCUT2D eigenvalue weighted by Crippen LogP contribution is -2.39. The second-order valence-electron chi connectivity index (χ2n) is 13.8. The summed E-state index contributed by atoms with van der Waals surface area (Å²) in [6.45, 7) is 0.696. The van der Waals surface area contributed by atoms with Crippen molar-refractivity contribution in [3.8, 4) is 0 Å². The molecule has 2 saturated carbocycles. The third-order valence-electron chi connectivity index (χ3n) is 9.93. The van der Waals surface area contributed by atoms with Crippen LogP contribution in [0.2, 0.25) is 10.0 Å². The Bertz CT molecular complexity index is 2040. The van der Waals surface area contributed by atoms with Crippen LogP contribution < -0.4 is 36.8 Å². The van der Waals surface area contributed by atoms with E-state index in [4.69, 9.17) is 33.7 Å². The molecule has 2 aromatic heterocycles. The molecule has 8 rings (SSSR count). The number of hydrogen-bond acceptors (Lipinski definition) is 11. The second-order valence-corrected chi connectivity index (χ2v) is 14.6. The van der Waals surface area contributed by atoms with Gasteiger partial charge in [0.1, 0.15) is 17.7 Å².